The molecule has 24 heavy (non-hydrogen) atoms. The van der Waals surface area contributed by atoms with E-state index < -0.39 is 0 Å². The van der Waals surface area contributed by atoms with Crippen molar-refractivity contribution in [3.63, 3.8) is 0 Å². The molecule has 8 heteroatoms. The van der Waals surface area contributed by atoms with Crippen molar-refractivity contribution < 1.29 is 14.0 Å². The molecule has 6 nitrogen and oxygen atoms in total. The van der Waals surface area contributed by atoms with Crippen molar-refractivity contribution >= 4 is 39.6 Å². The van der Waals surface area contributed by atoms with Gasteiger partial charge in [0.1, 0.15) is 0 Å². The van der Waals surface area contributed by atoms with Gasteiger partial charge in [0, 0.05) is 17.8 Å². The Kier molecular flexibility index (Phi) is 3.91. The highest BCUT2D eigenvalue weighted by atomic mass is 32.1. The first-order valence-electron chi connectivity index (χ1n) is 7.37. The zero-order valence-corrected chi connectivity index (χ0v) is 14.2. The van der Waals surface area contributed by atoms with Gasteiger partial charge in [0.05, 0.1) is 23.4 Å². The van der Waals surface area contributed by atoms with E-state index in [0.29, 0.717) is 24.6 Å². The van der Waals surface area contributed by atoms with E-state index in [9.17, 15) is 9.59 Å². The summed E-state index contributed by atoms with van der Waals surface area (Å²) in [6.45, 7) is 1.17. The summed E-state index contributed by atoms with van der Waals surface area (Å²) in [5.41, 5.74) is 0.949. The summed E-state index contributed by atoms with van der Waals surface area (Å²) >= 11 is 2.85. The van der Waals surface area contributed by atoms with Crippen molar-refractivity contribution in [3.8, 4) is 0 Å². The topological polar surface area (TPSA) is 75.4 Å². The third-order valence-corrected chi connectivity index (χ3v) is 5.57. The first-order chi connectivity index (χ1) is 11.7. The van der Waals surface area contributed by atoms with Gasteiger partial charge in [-0.25, -0.2) is 4.98 Å². The van der Waals surface area contributed by atoms with Crippen LogP contribution in [0, 0.1) is 0 Å². The molecule has 0 unspecified atom stereocenters. The molecule has 1 aliphatic heterocycles. The number of carbonyl (C=O) groups excluding carboxylic acids is 2. The zero-order chi connectivity index (χ0) is 16.5. The third-order valence-electron chi connectivity index (χ3n) is 3.72. The first kappa shape index (κ1) is 15.1. The number of fused-ring (bicyclic) bond motifs is 1. The van der Waals surface area contributed by atoms with Crippen molar-refractivity contribution in [1.29, 1.82) is 0 Å². The molecular weight excluding hydrogens is 346 g/mol. The van der Waals surface area contributed by atoms with Crippen LogP contribution in [0.15, 0.2) is 40.3 Å². The molecule has 0 aromatic carbocycles. The lowest BCUT2D eigenvalue weighted by molar-refractivity contribution is 0.0741. The molecule has 0 spiro atoms. The smallest absolute Gasteiger partial charge is 0.293 e. The molecule has 0 radical (unpaired) electrons. The number of aromatic nitrogens is 1. The summed E-state index contributed by atoms with van der Waals surface area (Å²) in [4.78, 5) is 32.5. The second-order valence-corrected chi connectivity index (χ2v) is 7.31. The Morgan fingerprint density at radius 3 is 2.96 bits per heavy atom. The van der Waals surface area contributed by atoms with Gasteiger partial charge in [-0.15, -0.1) is 11.3 Å². The fourth-order valence-electron chi connectivity index (χ4n) is 2.54. The van der Waals surface area contributed by atoms with Crippen LogP contribution in [0.5, 0.6) is 0 Å². The van der Waals surface area contributed by atoms with E-state index in [0.717, 1.165) is 15.4 Å². The van der Waals surface area contributed by atoms with Crippen LogP contribution >= 0.6 is 22.7 Å². The number of nitrogens with zero attached hydrogens (tertiary/aromatic N) is 2. The molecule has 0 saturated heterocycles. The first-order valence-corrected chi connectivity index (χ1v) is 9.06. The number of carbonyl (C=O) groups is 2. The largest absolute Gasteiger partial charge is 0.459 e. The number of amides is 2. The van der Waals surface area contributed by atoms with E-state index in [1.807, 2.05) is 22.4 Å². The number of hydrogen-bond donors (Lipinski definition) is 1. The number of thiophene rings is 1. The summed E-state index contributed by atoms with van der Waals surface area (Å²) in [5, 5.41) is 5.18. The fraction of sp³-hybridized carbons (Fsp3) is 0.188. The lowest BCUT2D eigenvalue weighted by atomic mass is 10.2. The Morgan fingerprint density at radius 2 is 2.21 bits per heavy atom. The molecular formula is C16H13N3O3S2. The Morgan fingerprint density at radius 1 is 1.29 bits per heavy atom. The van der Waals surface area contributed by atoms with Gasteiger partial charge in [0.15, 0.2) is 10.9 Å². The molecule has 0 atom stereocenters. The molecule has 0 saturated carbocycles. The maximum atomic E-state index is 12.4. The summed E-state index contributed by atoms with van der Waals surface area (Å²) < 4.78 is 5.07. The molecule has 0 aliphatic carbocycles. The van der Waals surface area contributed by atoms with Gasteiger partial charge in [-0.05, 0) is 23.6 Å². The van der Waals surface area contributed by atoms with Gasteiger partial charge >= 0.3 is 0 Å². The minimum Gasteiger partial charge on any atom is -0.459 e. The summed E-state index contributed by atoms with van der Waals surface area (Å²) in [6, 6.07) is 6.98. The highest BCUT2D eigenvalue weighted by Crippen LogP contribution is 2.29. The quantitative estimate of drug-likeness (QED) is 0.779. The molecule has 4 heterocycles. The van der Waals surface area contributed by atoms with Crippen LogP contribution < -0.4 is 5.32 Å². The number of hydrogen-bond acceptors (Lipinski definition) is 6. The van der Waals surface area contributed by atoms with Gasteiger partial charge < -0.3 is 9.32 Å². The third kappa shape index (κ3) is 2.85. The Hall–Kier alpha value is -2.45. The Balaban J connectivity index is 1.48. The van der Waals surface area contributed by atoms with Crippen LogP contribution in [0.1, 0.15) is 30.8 Å². The van der Waals surface area contributed by atoms with Crippen molar-refractivity contribution in [2.24, 2.45) is 0 Å². The lowest BCUT2D eigenvalue weighted by Gasteiger charge is -2.25. The van der Waals surface area contributed by atoms with Crippen LogP contribution in [0.25, 0.3) is 0 Å². The highest BCUT2D eigenvalue weighted by Gasteiger charge is 2.26. The predicted molar refractivity (Wildman–Crippen MR) is 91.5 cm³/mol. The van der Waals surface area contributed by atoms with E-state index in [1.54, 1.807) is 12.1 Å². The number of anilines is 1. The van der Waals surface area contributed by atoms with Crippen molar-refractivity contribution in [2.45, 2.75) is 13.0 Å². The van der Waals surface area contributed by atoms with Gasteiger partial charge in [-0.1, -0.05) is 17.4 Å². The van der Waals surface area contributed by atoms with Gasteiger partial charge in [-0.3, -0.25) is 14.9 Å². The van der Waals surface area contributed by atoms with Crippen molar-refractivity contribution in [3.05, 3.63) is 57.1 Å². The van der Waals surface area contributed by atoms with E-state index in [2.05, 4.69) is 10.3 Å². The van der Waals surface area contributed by atoms with E-state index >= 15 is 0 Å². The zero-order valence-electron chi connectivity index (χ0n) is 12.5. The Bertz CT molecular complexity index is 869. The molecule has 0 fully saturated rings. The molecule has 3 aromatic heterocycles. The number of thiazole rings is 1. The van der Waals surface area contributed by atoms with Crippen LogP contribution in [-0.2, 0) is 13.0 Å². The SMILES string of the molecule is O=C(Nc1nc2c(s1)CN(C(=O)c1cccs1)CC2)c1ccco1. The molecule has 2 amide bonds. The monoisotopic (exact) mass is 359 g/mol. The highest BCUT2D eigenvalue weighted by molar-refractivity contribution is 7.16. The molecule has 1 aliphatic rings. The van der Waals surface area contributed by atoms with E-state index in [-0.39, 0.29) is 17.6 Å². The minimum atomic E-state index is -0.322. The summed E-state index contributed by atoms with van der Waals surface area (Å²) in [6.07, 6.45) is 2.15. The predicted octanol–water partition coefficient (Wildman–Crippen LogP) is 3.25. The number of furan rings is 1. The van der Waals surface area contributed by atoms with Crippen LogP contribution in [0.2, 0.25) is 0 Å². The maximum Gasteiger partial charge on any atom is 0.293 e. The standard InChI is InChI=1S/C16H13N3O3S2/c20-14(11-3-1-7-22-11)18-16-17-10-5-6-19(9-13(10)24-16)15(21)12-4-2-8-23-12/h1-4,7-8H,5-6,9H2,(H,17,18,20). The van der Waals surface area contributed by atoms with Crippen molar-refractivity contribution in [1.82, 2.24) is 9.88 Å². The van der Waals surface area contributed by atoms with Crippen molar-refractivity contribution in [2.75, 3.05) is 11.9 Å². The van der Waals surface area contributed by atoms with Crippen LogP contribution in [-0.4, -0.2) is 28.2 Å². The minimum absolute atomic E-state index is 0.0465. The average molecular weight is 359 g/mol. The number of rotatable bonds is 3. The molecule has 122 valence electrons. The fourth-order valence-corrected chi connectivity index (χ4v) is 4.25. The Labute approximate surface area is 145 Å². The normalized spacial score (nSPS) is 13.6. The molecule has 0 bridgehead atoms. The van der Waals surface area contributed by atoms with Crippen LogP contribution in [0.4, 0.5) is 5.13 Å². The molecule has 4 rings (SSSR count). The summed E-state index contributed by atoms with van der Waals surface area (Å²) in [5.74, 6) is -0.0273. The van der Waals surface area contributed by atoms with Gasteiger partial charge in [0.2, 0.25) is 0 Å². The van der Waals surface area contributed by atoms with Gasteiger partial charge in [-0.2, -0.15) is 0 Å². The molecule has 1 N–H and O–H groups in total. The second-order valence-electron chi connectivity index (χ2n) is 5.27. The maximum absolute atomic E-state index is 12.4. The summed E-state index contributed by atoms with van der Waals surface area (Å²) in [7, 11) is 0. The van der Waals surface area contributed by atoms with E-state index in [1.165, 1.54) is 28.9 Å². The number of nitrogens with one attached hydrogen (secondary N) is 1. The average Bonchev–Trinajstić information content (AvgIpc) is 3.32. The molecule has 3 aromatic rings. The lowest BCUT2D eigenvalue weighted by Crippen LogP contribution is -2.35. The van der Waals surface area contributed by atoms with E-state index in [4.69, 9.17) is 4.42 Å². The van der Waals surface area contributed by atoms with Gasteiger partial charge in [0.25, 0.3) is 11.8 Å². The van der Waals surface area contributed by atoms with Crippen LogP contribution in [0.3, 0.4) is 0 Å². The second kappa shape index (κ2) is 6.21.